The van der Waals surface area contributed by atoms with Gasteiger partial charge in [0.05, 0.1) is 11.6 Å². The van der Waals surface area contributed by atoms with E-state index in [0.717, 1.165) is 12.1 Å². The highest BCUT2D eigenvalue weighted by Gasteiger charge is 2.53. The normalized spacial score (nSPS) is 24.8. The number of hydrogen-bond acceptors (Lipinski definition) is 8. The van der Waals surface area contributed by atoms with E-state index in [2.05, 4.69) is 9.97 Å². The second kappa shape index (κ2) is 9.16. The SMILES string of the molecule is COC1CC2(/C=C/COc3c(ccc(F)c3F)C(c3cncnc3C)N3CN2C(=O)c2c(O)c(=O)ccn23)C1. The number of aryl methyl sites for hydroxylation is 1. The summed E-state index contributed by atoms with van der Waals surface area (Å²) in [6, 6.07) is 2.64. The van der Waals surface area contributed by atoms with Crippen LogP contribution in [0, 0.1) is 18.6 Å². The van der Waals surface area contributed by atoms with Crippen molar-refractivity contribution in [1.82, 2.24) is 19.5 Å². The van der Waals surface area contributed by atoms with Gasteiger partial charge in [-0.15, -0.1) is 0 Å². The van der Waals surface area contributed by atoms with E-state index in [9.17, 15) is 19.1 Å². The minimum absolute atomic E-state index is 0.0354. The predicted molar refractivity (Wildman–Crippen MR) is 134 cm³/mol. The lowest BCUT2D eigenvalue weighted by molar-refractivity contribution is -0.0602. The van der Waals surface area contributed by atoms with Crippen molar-refractivity contribution in [2.24, 2.45) is 0 Å². The number of benzene rings is 1. The van der Waals surface area contributed by atoms with E-state index < -0.39 is 40.3 Å². The first-order chi connectivity index (χ1) is 18.8. The van der Waals surface area contributed by atoms with Gasteiger partial charge in [-0.1, -0.05) is 6.08 Å². The van der Waals surface area contributed by atoms with Crippen LogP contribution in [0.25, 0.3) is 0 Å². The molecule has 1 amide bonds. The van der Waals surface area contributed by atoms with Crippen LogP contribution in [0.1, 0.15) is 46.2 Å². The molecule has 10 nitrogen and oxygen atoms in total. The summed E-state index contributed by atoms with van der Waals surface area (Å²) in [5.74, 6) is -3.81. The van der Waals surface area contributed by atoms with E-state index in [1.807, 2.05) is 0 Å². The Bertz CT molecular complexity index is 1570. The highest BCUT2D eigenvalue weighted by Crippen LogP contribution is 2.46. The maximum absolute atomic E-state index is 15.3. The number of fused-ring (bicyclic) bond motifs is 6. The summed E-state index contributed by atoms with van der Waals surface area (Å²) in [7, 11) is 1.59. The first-order valence-electron chi connectivity index (χ1n) is 12.4. The van der Waals surface area contributed by atoms with Crippen LogP contribution in [0.2, 0.25) is 0 Å². The number of nitrogens with zero attached hydrogens (tertiary/aromatic N) is 5. The zero-order valence-corrected chi connectivity index (χ0v) is 21.2. The summed E-state index contributed by atoms with van der Waals surface area (Å²) in [5.41, 5.74) is -0.482. The standard InChI is InChI=1S/C27H25F2N5O5/c1-15-18(12-30-13-31-15)22-17-4-5-19(28)21(29)25(17)39-9-3-7-27(10-16(11-27)38-2)32-14-34(22)33-8-6-20(35)24(36)23(33)26(32)37/h3-8,12-13,16,22,36H,9-11,14H2,1-2H3/b7-3+. The van der Waals surface area contributed by atoms with Crippen LogP contribution in [-0.2, 0) is 4.74 Å². The monoisotopic (exact) mass is 537 g/mol. The second-order valence-corrected chi connectivity index (χ2v) is 9.86. The summed E-state index contributed by atoms with van der Waals surface area (Å²) in [5, 5.41) is 12.5. The first kappa shape index (κ1) is 25.0. The van der Waals surface area contributed by atoms with Crippen LogP contribution in [0.3, 0.4) is 0 Å². The highest BCUT2D eigenvalue weighted by atomic mass is 19.2. The van der Waals surface area contributed by atoms with Gasteiger partial charge in [0, 0.05) is 55.2 Å². The molecule has 1 N–H and O–H groups in total. The third-order valence-electron chi connectivity index (χ3n) is 7.77. The number of hydrogen-bond donors (Lipinski definition) is 1. The zero-order valence-electron chi connectivity index (χ0n) is 21.2. The fraction of sp³-hybridized carbons (Fsp3) is 0.333. The van der Waals surface area contributed by atoms with Gasteiger partial charge in [0.1, 0.15) is 25.6 Å². The molecule has 0 saturated heterocycles. The van der Waals surface area contributed by atoms with Crippen molar-refractivity contribution in [3.05, 3.63) is 93.4 Å². The van der Waals surface area contributed by atoms with Gasteiger partial charge in [-0.2, -0.15) is 4.39 Å². The number of aromatic nitrogens is 3. The molecule has 202 valence electrons. The molecule has 1 atom stereocenters. The fourth-order valence-corrected chi connectivity index (χ4v) is 5.69. The predicted octanol–water partition coefficient (Wildman–Crippen LogP) is 2.57. The molecule has 1 spiro atoms. The number of halogens is 2. The molecule has 12 heteroatoms. The largest absolute Gasteiger partial charge is 0.502 e. The minimum Gasteiger partial charge on any atom is -0.502 e. The number of pyridine rings is 1. The van der Waals surface area contributed by atoms with E-state index in [-0.39, 0.29) is 36.4 Å². The lowest BCUT2D eigenvalue weighted by Gasteiger charge is -2.55. The lowest BCUT2D eigenvalue weighted by Crippen LogP contribution is -2.67. The summed E-state index contributed by atoms with van der Waals surface area (Å²) < 4.78 is 42.5. The van der Waals surface area contributed by atoms with Gasteiger partial charge in [0.2, 0.25) is 11.2 Å². The zero-order chi connectivity index (χ0) is 27.5. The third-order valence-corrected chi connectivity index (χ3v) is 7.77. The van der Waals surface area contributed by atoms with Crippen LogP contribution in [0.5, 0.6) is 11.5 Å². The minimum atomic E-state index is -1.16. The van der Waals surface area contributed by atoms with Crippen LogP contribution >= 0.6 is 0 Å². The van der Waals surface area contributed by atoms with E-state index >= 15 is 4.39 Å². The van der Waals surface area contributed by atoms with Crippen molar-refractivity contribution >= 4 is 5.91 Å². The van der Waals surface area contributed by atoms with Crippen LogP contribution in [-0.4, -0.2) is 62.6 Å². The molecule has 0 radical (unpaired) electrons. The van der Waals surface area contributed by atoms with Crippen molar-refractivity contribution in [3.8, 4) is 11.5 Å². The van der Waals surface area contributed by atoms with Gasteiger partial charge in [-0.25, -0.2) is 14.4 Å². The molecule has 1 fully saturated rings. The van der Waals surface area contributed by atoms with Crippen molar-refractivity contribution in [1.29, 1.82) is 0 Å². The molecular weight excluding hydrogens is 512 g/mol. The molecule has 6 rings (SSSR count). The highest BCUT2D eigenvalue weighted by molar-refractivity contribution is 5.97. The van der Waals surface area contributed by atoms with E-state index in [4.69, 9.17) is 9.47 Å². The van der Waals surface area contributed by atoms with E-state index in [1.165, 1.54) is 23.3 Å². The quantitative estimate of drug-likeness (QED) is 0.497. The maximum atomic E-state index is 15.3. The van der Waals surface area contributed by atoms with Crippen molar-refractivity contribution in [3.63, 3.8) is 0 Å². The molecule has 2 bridgehead atoms. The van der Waals surface area contributed by atoms with Gasteiger partial charge < -0.3 is 19.5 Å². The van der Waals surface area contributed by atoms with Gasteiger partial charge in [-0.05, 0) is 25.1 Å². The number of ether oxygens (including phenoxy) is 2. The Kier molecular flexibility index (Phi) is 5.87. The van der Waals surface area contributed by atoms with E-state index in [0.29, 0.717) is 24.1 Å². The summed E-state index contributed by atoms with van der Waals surface area (Å²) in [4.78, 5) is 36.5. The average molecular weight is 538 g/mol. The molecule has 2 aromatic heterocycles. The molecule has 39 heavy (non-hydrogen) atoms. The number of carbonyl (C=O) groups is 1. The molecule has 4 heterocycles. The lowest BCUT2D eigenvalue weighted by atomic mass is 9.72. The topological polar surface area (TPSA) is 110 Å². The molecule has 3 aliphatic rings. The molecule has 1 unspecified atom stereocenters. The summed E-state index contributed by atoms with van der Waals surface area (Å²) in [6.07, 6.45) is 8.52. The summed E-state index contributed by atoms with van der Waals surface area (Å²) >= 11 is 0. The average Bonchev–Trinajstić information content (AvgIpc) is 2.92. The maximum Gasteiger partial charge on any atom is 0.278 e. The molecule has 2 aliphatic heterocycles. The molecule has 1 aromatic carbocycles. The van der Waals surface area contributed by atoms with Crippen molar-refractivity contribution in [2.75, 3.05) is 25.4 Å². The fourth-order valence-electron chi connectivity index (χ4n) is 5.69. The molecule has 1 saturated carbocycles. The molecular formula is C27H25F2N5O5. The van der Waals surface area contributed by atoms with Crippen LogP contribution in [0.4, 0.5) is 8.78 Å². The smallest absolute Gasteiger partial charge is 0.278 e. The molecule has 3 aromatic rings. The number of rotatable bonds is 2. The Morgan fingerprint density at radius 1 is 1.18 bits per heavy atom. The van der Waals surface area contributed by atoms with Gasteiger partial charge >= 0.3 is 0 Å². The third kappa shape index (κ3) is 3.77. The van der Waals surface area contributed by atoms with Crippen molar-refractivity contribution in [2.45, 2.75) is 37.5 Å². The number of amides is 1. The van der Waals surface area contributed by atoms with E-state index in [1.54, 1.807) is 42.3 Å². The summed E-state index contributed by atoms with van der Waals surface area (Å²) in [6.45, 7) is 1.62. The van der Waals surface area contributed by atoms with Crippen LogP contribution in [0.15, 0.2) is 53.9 Å². The van der Waals surface area contributed by atoms with Crippen molar-refractivity contribution < 1.29 is 28.2 Å². The number of aromatic hydroxyl groups is 1. The number of carbonyl (C=O) groups excluding carboxylic acids is 1. The first-order valence-corrected chi connectivity index (χ1v) is 12.4. The Morgan fingerprint density at radius 2 is 1.97 bits per heavy atom. The van der Waals surface area contributed by atoms with Gasteiger partial charge in [0.15, 0.2) is 23.0 Å². The van der Waals surface area contributed by atoms with Gasteiger partial charge in [0.25, 0.3) is 5.91 Å². The Balaban J connectivity index is 1.67. The van der Waals surface area contributed by atoms with Gasteiger partial charge in [-0.3, -0.25) is 19.3 Å². The second-order valence-electron chi connectivity index (χ2n) is 9.86. The Hall–Kier alpha value is -4.32. The number of methoxy groups -OCH3 is 1. The Labute approximate surface area is 221 Å². The Morgan fingerprint density at radius 3 is 2.72 bits per heavy atom. The molecule has 1 aliphatic carbocycles. The van der Waals surface area contributed by atoms with Crippen LogP contribution < -0.4 is 15.2 Å².